The molecule has 0 radical (unpaired) electrons. The van der Waals surface area contributed by atoms with Crippen LogP contribution < -0.4 is 4.90 Å². The minimum atomic E-state index is 0.0652. The van der Waals surface area contributed by atoms with Crippen LogP contribution in [-0.4, -0.2) is 42.0 Å². The van der Waals surface area contributed by atoms with Gasteiger partial charge in [0.25, 0.3) is 0 Å². The van der Waals surface area contributed by atoms with Crippen LogP contribution in [0.3, 0.4) is 0 Å². The summed E-state index contributed by atoms with van der Waals surface area (Å²) in [5.74, 6) is 0.0652. The van der Waals surface area contributed by atoms with E-state index in [1.54, 1.807) is 0 Å². The number of aromatic nitrogens is 1. The van der Waals surface area contributed by atoms with Gasteiger partial charge in [-0.15, -0.1) is 11.3 Å². The third kappa shape index (κ3) is 3.69. The van der Waals surface area contributed by atoms with Crippen LogP contribution in [0, 0.1) is 18.3 Å². The topological polar surface area (TPSA) is 60.2 Å². The van der Waals surface area contributed by atoms with E-state index in [4.69, 9.17) is 16.9 Å². The first-order valence-electron chi connectivity index (χ1n) is 7.70. The van der Waals surface area contributed by atoms with Gasteiger partial charge in [0.1, 0.15) is 16.0 Å². The molecule has 0 saturated carbocycles. The van der Waals surface area contributed by atoms with Gasteiger partial charge in [-0.1, -0.05) is 17.7 Å². The van der Waals surface area contributed by atoms with Gasteiger partial charge < -0.3 is 9.80 Å². The van der Waals surface area contributed by atoms with E-state index in [1.165, 1.54) is 17.5 Å². The van der Waals surface area contributed by atoms with Crippen molar-refractivity contribution in [1.29, 1.82) is 5.26 Å². The highest BCUT2D eigenvalue weighted by Gasteiger charge is 2.22. The van der Waals surface area contributed by atoms with Crippen LogP contribution in [0.5, 0.6) is 0 Å². The number of piperazine rings is 1. The number of hydrogen-bond acceptors (Lipinski definition) is 5. The van der Waals surface area contributed by atoms with Crippen LogP contribution in [0.25, 0.3) is 0 Å². The molecule has 1 amide bonds. The molecule has 1 aromatic carbocycles. The maximum atomic E-state index is 12.4. The van der Waals surface area contributed by atoms with Gasteiger partial charge in [-0.2, -0.15) is 5.26 Å². The van der Waals surface area contributed by atoms with Gasteiger partial charge in [0.05, 0.1) is 12.6 Å². The van der Waals surface area contributed by atoms with Gasteiger partial charge >= 0.3 is 0 Å². The van der Waals surface area contributed by atoms with Crippen molar-refractivity contribution < 1.29 is 4.79 Å². The van der Waals surface area contributed by atoms with Crippen molar-refractivity contribution in [3.05, 3.63) is 44.9 Å². The number of carbonyl (C=O) groups is 1. The summed E-state index contributed by atoms with van der Waals surface area (Å²) in [5, 5.41) is 10.3. The van der Waals surface area contributed by atoms with Gasteiger partial charge in [-0.25, -0.2) is 4.98 Å². The fourth-order valence-corrected chi connectivity index (χ4v) is 3.56. The summed E-state index contributed by atoms with van der Waals surface area (Å²) in [5.41, 5.74) is 2.16. The number of nitriles is 1. The molecule has 0 aliphatic carbocycles. The molecule has 1 aliphatic rings. The number of rotatable bonds is 3. The first-order valence-corrected chi connectivity index (χ1v) is 8.90. The molecule has 1 aliphatic heterocycles. The Morgan fingerprint density at radius 1 is 1.38 bits per heavy atom. The quantitative estimate of drug-likeness (QED) is 0.844. The summed E-state index contributed by atoms with van der Waals surface area (Å²) in [4.78, 5) is 21.1. The third-order valence-corrected chi connectivity index (χ3v) is 5.43. The molecular formula is C17H17ClN4OS. The lowest BCUT2D eigenvalue weighted by molar-refractivity contribution is -0.130. The highest BCUT2D eigenvalue weighted by Crippen LogP contribution is 2.24. The van der Waals surface area contributed by atoms with Crippen LogP contribution in [0.2, 0.25) is 5.02 Å². The predicted octanol–water partition coefficient (Wildman–Crippen LogP) is 2.87. The van der Waals surface area contributed by atoms with Gasteiger partial charge in [0.15, 0.2) is 0 Å². The van der Waals surface area contributed by atoms with Crippen molar-refractivity contribution in [3.8, 4) is 6.07 Å². The fraction of sp³-hybridized carbons (Fsp3) is 0.353. The number of nitrogens with zero attached hydrogens (tertiary/aromatic N) is 4. The minimum Gasteiger partial charge on any atom is -0.368 e. The Morgan fingerprint density at radius 2 is 2.12 bits per heavy atom. The maximum Gasteiger partial charge on any atom is 0.229 e. The fourth-order valence-electron chi connectivity index (χ4n) is 2.68. The van der Waals surface area contributed by atoms with E-state index in [-0.39, 0.29) is 12.3 Å². The molecule has 3 rings (SSSR count). The molecule has 7 heteroatoms. The molecule has 1 aromatic heterocycles. The minimum absolute atomic E-state index is 0.0652. The monoisotopic (exact) mass is 360 g/mol. The van der Waals surface area contributed by atoms with Gasteiger partial charge in [0, 0.05) is 36.9 Å². The number of anilines is 1. The average Bonchev–Trinajstić information content (AvgIpc) is 3.05. The second-order valence-electron chi connectivity index (χ2n) is 5.71. The molecular weight excluding hydrogens is 344 g/mol. The van der Waals surface area contributed by atoms with Crippen molar-refractivity contribution in [2.24, 2.45) is 0 Å². The SMILES string of the molecule is Cc1ccc(N2CCN(C(=O)Cc3ncc(C#N)s3)CC2)cc1Cl. The normalized spacial score (nSPS) is 14.5. The van der Waals surface area contributed by atoms with E-state index < -0.39 is 0 Å². The number of aryl methyl sites for hydroxylation is 1. The second kappa shape index (κ2) is 7.20. The number of carbonyl (C=O) groups excluding carboxylic acids is 1. The largest absolute Gasteiger partial charge is 0.368 e. The summed E-state index contributed by atoms with van der Waals surface area (Å²) >= 11 is 7.48. The van der Waals surface area contributed by atoms with E-state index in [0.717, 1.165) is 29.4 Å². The van der Waals surface area contributed by atoms with E-state index in [1.807, 2.05) is 30.0 Å². The number of halogens is 1. The first kappa shape index (κ1) is 16.7. The second-order valence-corrected chi connectivity index (χ2v) is 7.23. The summed E-state index contributed by atoms with van der Waals surface area (Å²) in [7, 11) is 0. The zero-order valence-corrected chi connectivity index (χ0v) is 14.9. The lowest BCUT2D eigenvalue weighted by atomic mass is 10.2. The lowest BCUT2D eigenvalue weighted by Crippen LogP contribution is -2.49. The summed E-state index contributed by atoms with van der Waals surface area (Å²) < 4.78 is 0. The summed E-state index contributed by atoms with van der Waals surface area (Å²) in [6.45, 7) is 4.92. The number of hydrogen-bond donors (Lipinski definition) is 0. The van der Waals surface area contributed by atoms with Crippen LogP contribution in [0.4, 0.5) is 5.69 Å². The molecule has 1 fully saturated rings. The number of benzene rings is 1. The zero-order chi connectivity index (χ0) is 17.1. The van der Waals surface area contributed by atoms with Gasteiger partial charge in [-0.05, 0) is 24.6 Å². The van der Waals surface area contributed by atoms with E-state index in [9.17, 15) is 4.79 Å². The maximum absolute atomic E-state index is 12.4. The molecule has 2 heterocycles. The molecule has 1 saturated heterocycles. The highest BCUT2D eigenvalue weighted by molar-refractivity contribution is 7.12. The Balaban J connectivity index is 1.57. The molecule has 0 spiro atoms. The van der Waals surface area contributed by atoms with Crippen LogP contribution in [0.1, 0.15) is 15.4 Å². The van der Waals surface area contributed by atoms with Crippen molar-refractivity contribution in [2.75, 3.05) is 31.1 Å². The standard InChI is InChI=1S/C17H17ClN4OS/c1-12-2-3-13(8-15(12)18)21-4-6-22(7-5-21)17(23)9-16-20-11-14(10-19)24-16/h2-3,8,11H,4-7,9H2,1H3. The van der Waals surface area contributed by atoms with Crippen molar-refractivity contribution in [2.45, 2.75) is 13.3 Å². The lowest BCUT2D eigenvalue weighted by Gasteiger charge is -2.36. The van der Waals surface area contributed by atoms with Gasteiger partial charge in [-0.3, -0.25) is 4.79 Å². The summed E-state index contributed by atoms with van der Waals surface area (Å²) in [6, 6.07) is 8.11. The van der Waals surface area contributed by atoms with Crippen LogP contribution in [0.15, 0.2) is 24.4 Å². The Kier molecular flexibility index (Phi) is 5.03. The third-order valence-electron chi connectivity index (χ3n) is 4.12. The molecule has 24 heavy (non-hydrogen) atoms. The van der Waals surface area contributed by atoms with Crippen molar-refractivity contribution in [3.63, 3.8) is 0 Å². The van der Waals surface area contributed by atoms with Crippen molar-refractivity contribution in [1.82, 2.24) is 9.88 Å². The predicted molar refractivity (Wildman–Crippen MR) is 95.5 cm³/mol. The molecule has 5 nitrogen and oxygen atoms in total. The average molecular weight is 361 g/mol. The Hall–Kier alpha value is -2.10. The van der Waals surface area contributed by atoms with E-state index in [0.29, 0.717) is 23.0 Å². The van der Waals surface area contributed by atoms with E-state index in [2.05, 4.69) is 16.0 Å². The Morgan fingerprint density at radius 3 is 2.75 bits per heavy atom. The zero-order valence-electron chi connectivity index (χ0n) is 13.3. The molecule has 2 aromatic rings. The highest BCUT2D eigenvalue weighted by atomic mass is 35.5. The number of amides is 1. The van der Waals surface area contributed by atoms with Crippen LogP contribution >= 0.6 is 22.9 Å². The Labute approximate surface area is 150 Å². The van der Waals surface area contributed by atoms with Gasteiger partial charge in [0.2, 0.25) is 5.91 Å². The van der Waals surface area contributed by atoms with E-state index >= 15 is 0 Å². The van der Waals surface area contributed by atoms with Crippen LogP contribution in [-0.2, 0) is 11.2 Å². The van der Waals surface area contributed by atoms with Crippen molar-refractivity contribution >= 4 is 34.5 Å². The first-order chi connectivity index (χ1) is 11.6. The molecule has 0 N–H and O–H groups in total. The smallest absolute Gasteiger partial charge is 0.229 e. The molecule has 0 unspecified atom stereocenters. The Bertz CT molecular complexity index is 790. The summed E-state index contributed by atoms with van der Waals surface area (Å²) in [6.07, 6.45) is 1.79. The number of thiazole rings is 1. The molecule has 0 bridgehead atoms. The molecule has 124 valence electrons. The molecule has 0 atom stereocenters.